The van der Waals surface area contributed by atoms with Crippen molar-refractivity contribution in [3.05, 3.63) is 77.7 Å². The molecule has 4 aromatic rings. The second kappa shape index (κ2) is 10.6. The van der Waals surface area contributed by atoms with Crippen molar-refractivity contribution in [2.45, 2.75) is 57.7 Å². The van der Waals surface area contributed by atoms with E-state index in [4.69, 9.17) is 9.84 Å². The molecule has 8 nitrogen and oxygen atoms in total. The van der Waals surface area contributed by atoms with E-state index in [9.17, 15) is 4.79 Å². The lowest BCUT2D eigenvalue weighted by Crippen LogP contribution is -2.35. The average molecular weight is 539 g/mol. The van der Waals surface area contributed by atoms with Gasteiger partial charge in [0, 0.05) is 48.7 Å². The number of carbonyl (C=O) groups is 1. The zero-order chi connectivity index (χ0) is 27.9. The molecule has 2 aromatic carbocycles. The van der Waals surface area contributed by atoms with Crippen molar-refractivity contribution >= 4 is 5.91 Å². The van der Waals surface area contributed by atoms with Crippen molar-refractivity contribution < 1.29 is 9.53 Å². The smallest absolute Gasteiger partial charge is 0.252 e. The van der Waals surface area contributed by atoms with Crippen LogP contribution >= 0.6 is 0 Å². The number of aromatic nitrogens is 4. The molecule has 2 aliphatic rings. The van der Waals surface area contributed by atoms with Crippen LogP contribution in [0.3, 0.4) is 0 Å². The van der Waals surface area contributed by atoms with Crippen LogP contribution in [0.25, 0.3) is 22.4 Å². The molecule has 1 saturated heterocycles. The molecule has 0 unspecified atom stereocenters. The SMILES string of the molecule is CCn1ccc(-c2cc(-c3cnn(C)c3)cc(C3(NC(=O)c4cc(OC[C@@H]5CCCN5C)ccc4C)CC3)c2)n1. The van der Waals surface area contributed by atoms with Crippen molar-refractivity contribution in [2.75, 3.05) is 20.2 Å². The largest absolute Gasteiger partial charge is 0.492 e. The van der Waals surface area contributed by atoms with Gasteiger partial charge in [-0.3, -0.25) is 14.2 Å². The first kappa shape index (κ1) is 26.3. The molecule has 40 heavy (non-hydrogen) atoms. The van der Waals surface area contributed by atoms with E-state index in [1.807, 2.05) is 66.2 Å². The van der Waals surface area contributed by atoms with Gasteiger partial charge in [0.25, 0.3) is 5.91 Å². The summed E-state index contributed by atoms with van der Waals surface area (Å²) in [5, 5.41) is 12.5. The Bertz CT molecular complexity index is 1530. The standard InChI is InChI=1S/C32H38N6O2/c1-5-38-14-10-30(35-38)24-15-23(25-19-33-37(4)20-25)16-26(17-24)32(11-12-32)34-31(39)29-18-28(9-8-22(29)2)40-21-27-7-6-13-36(27)3/h8-10,14-20,27H,5-7,11-13,21H2,1-4H3,(H,34,39)/t27-/m0/s1. The number of nitrogens with zero attached hydrogens (tertiary/aromatic N) is 5. The van der Waals surface area contributed by atoms with Gasteiger partial charge >= 0.3 is 0 Å². The molecule has 208 valence electrons. The summed E-state index contributed by atoms with van der Waals surface area (Å²) in [5.41, 5.74) is 6.34. The predicted molar refractivity (Wildman–Crippen MR) is 156 cm³/mol. The van der Waals surface area contributed by atoms with Gasteiger partial charge < -0.3 is 15.0 Å². The monoisotopic (exact) mass is 538 g/mol. The van der Waals surface area contributed by atoms with Crippen LogP contribution in [0.2, 0.25) is 0 Å². The van der Waals surface area contributed by atoms with Crippen LogP contribution in [0.15, 0.2) is 61.1 Å². The van der Waals surface area contributed by atoms with E-state index >= 15 is 0 Å². The number of likely N-dealkylation sites (N-methyl/N-ethyl adjacent to an activating group) is 1. The molecule has 1 aliphatic carbocycles. The molecular weight excluding hydrogens is 500 g/mol. The third-order valence-electron chi connectivity index (χ3n) is 8.45. The average Bonchev–Trinajstić information content (AvgIpc) is 3.28. The molecule has 1 aliphatic heterocycles. The third kappa shape index (κ3) is 5.28. The quantitative estimate of drug-likeness (QED) is 0.318. The lowest BCUT2D eigenvalue weighted by atomic mass is 9.94. The number of amides is 1. The molecule has 2 fully saturated rings. The normalized spacial score (nSPS) is 18.1. The first-order chi connectivity index (χ1) is 19.3. The van der Waals surface area contributed by atoms with Crippen molar-refractivity contribution in [2.24, 2.45) is 7.05 Å². The Labute approximate surface area is 235 Å². The number of carbonyl (C=O) groups excluding carboxylic acids is 1. The zero-order valence-corrected chi connectivity index (χ0v) is 23.9. The Balaban J connectivity index is 1.27. The van der Waals surface area contributed by atoms with Crippen LogP contribution in [-0.4, -0.2) is 56.6 Å². The highest BCUT2D eigenvalue weighted by atomic mass is 16.5. The molecule has 1 amide bonds. The topological polar surface area (TPSA) is 77.2 Å². The first-order valence-electron chi connectivity index (χ1n) is 14.3. The van der Waals surface area contributed by atoms with Crippen molar-refractivity contribution in [1.82, 2.24) is 29.8 Å². The number of aryl methyl sites for hydroxylation is 3. The van der Waals surface area contributed by atoms with Gasteiger partial charge in [-0.1, -0.05) is 6.07 Å². The molecule has 0 bridgehead atoms. The molecule has 1 atom stereocenters. The molecule has 0 radical (unpaired) electrons. The summed E-state index contributed by atoms with van der Waals surface area (Å²) in [4.78, 5) is 16.1. The van der Waals surface area contributed by atoms with Gasteiger partial charge in [-0.05, 0) is 106 Å². The molecule has 6 rings (SSSR count). The van der Waals surface area contributed by atoms with Gasteiger partial charge in [-0.25, -0.2) is 0 Å². The van der Waals surface area contributed by atoms with Crippen LogP contribution in [-0.2, 0) is 19.1 Å². The number of hydrogen-bond acceptors (Lipinski definition) is 5. The van der Waals surface area contributed by atoms with Crippen LogP contribution < -0.4 is 10.1 Å². The number of benzene rings is 2. The molecule has 8 heteroatoms. The maximum atomic E-state index is 13.7. The van der Waals surface area contributed by atoms with Crippen molar-refractivity contribution in [3.63, 3.8) is 0 Å². The van der Waals surface area contributed by atoms with Crippen LogP contribution in [0.1, 0.15) is 54.1 Å². The highest BCUT2D eigenvalue weighted by Gasteiger charge is 2.46. The Morgan fingerprint density at radius 3 is 2.60 bits per heavy atom. The summed E-state index contributed by atoms with van der Waals surface area (Å²) >= 11 is 0. The van der Waals surface area contributed by atoms with E-state index in [-0.39, 0.29) is 5.91 Å². The maximum Gasteiger partial charge on any atom is 0.252 e. The van der Waals surface area contributed by atoms with Crippen LogP contribution in [0, 0.1) is 6.92 Å². The van der Waals surface area contributed by atoms with E-state index in [2.05, 4.69) is 47.5 Å². The summed E-state index contributed by atoms with van der Waals surface area (Å²) in [5.74, 6) is 0.676. The molecule has 2 aromatic heterocycles. The third-order valence-corrected chi connectivity index (χ3v) is 8.45. The lowest BCUT2D eigenvalue weighted by molar-refractivity contribution is 0.0929. The fourth-order valence-corrected chi connectivity index (χ4v) is 5.69. The molecule has 3 heterocycles. The van der Waals surface area contributed by atoms with Crippen molar-refractivity contribution in [1.29, 1.82) is 0 Å². The second-order valence-electron chi connectivity index (χ2n) is 11.4. The Morgan fingerprint density at radius 1 is 1.10 bits per heavy atom. The van der Waals surface area contributed by atoms with Crippen LogP contribution in [0.4, 0.5) is 0 Å². The number of likely N-dealkylation sites (tertiary alicyclic amines) is 1. The van der Waals surface area contributed by atoms with Crippen molar-refractivity contribution in [3.8, 4) is 28.1 Å². The first-order valence-corrected chi connectivity index (χ1v) is 14.3. The molecule has 0 spiro atoms. The van der Waals surface area contributed by atoms with E-state index in [0.29, 0.717) is 18.2 Å². The minimum atomic E-state index is -0.409. The van der Waals surface area contributed by atoms with Gasteiger partial charge in [-0.15, -0.1) is 0 Å². The number of hydrogen-bond donors (Lipinski definition) is 1. The fourth-order valence-electron chi connectivity index (χ4n) is 5.69. The number of nitrogens with one attached hydrogen (secondary N) is 1. The summed E-state index contributed by atoms with van der Waals surface area (Å²) in [6, 6.07) is 14.8. The Kier molecular flexibility index (Phi) is 6.96. The van der Waals surface area contributed by atoms with Gasteiger partial charge in [0.05, 0.1) is 17.4 Å². The van der Waals surface area contributed by atoms with Crippen LogP contribution in [0.5, 0.6) is 5.75 Å². The molecular formula is C32H38N6O2. The van der Waals surface area contributed by atoms with E-state index in [1.165, 1.54) is 6.42 Å². The minimum absolute atomic E-state index is 0.0676. The molecule has 1 N–H and O–H groups in total. The van der Waals surface area contributed by atoms with E-state index in [0.717, 1.165) is 71.6 Å². The highest BCUT2D eigenvalue weighted by molar-refractivity contribution is 5.97. The summed E-state index contributed by atoms with van der Waals surface area (Å²) < 4.78 is 9.88. The van der Waals surface area contributed by atoms with Gasteiger partial charge in [0.2, 0.25) is 0 Å². The Hall–Kier alpha value is -3.91. The fraction of sp³-hybridized carbons (Fsp3) is 0.406. The zero-order valence-electron chi connectivity index (χ0n) is 23.9. The lowest BCUT2D eigenvalue weighted by Gasteiger charge is -2.22. The maximum absolute atomic E-state index is 13.7. The Morgan fingerprint density at radius 2 is 1.93 bits per heavy atom. The second-order valence-corrected chi connectivity index (χ2v) is 11.4. The summed E-state index contributed by atoms with van der Waals surface area (Å²) in [6.45, 7) is 6.63. The predicted octanol–water partition coefficient (Wildman–Crippen LogP) is 5.17. The number of rotatable bonds is 9. The summed E-state index contributed by atoms with van der Waals surface area (Å²) in [7, 11) is 4.07. The minimum Gasteiger partial charge on any atom is -0.492 e. The van der Waals surface area contributed by atoms with Gasteiger partial charge in [0.15, 0.2) is 0 Å². The van der Waals surface area contributed by atoms with Gasteiger partial charge in [-0.2, -0.15) is 10.2 Å². The highest BCUT2D eigenvalue weighted by Crippen LogP contribution is 2.47. The molecule has 1 saturated carbocycles. The van der Waals surface area contributed by atoms with E-state index < -0.39 is 5.54 Å². The number of ether oxygens (including phenoxy) is 1. The van der Waals surface area contributed by atoms with Gasteiger partial charge in [0.1, 0.15) is 12.4 Å². The summed E-state index contributed by atoms with van der Waals surface area (Å²) in [6.07, 6.45) is 10.0. The van der Waals surface area contributed by atoms with E-state index in [1.54, 1.807) is 0 Å².